The van der Waals surface area contributed by atoms with E-state index in [0.717, 1.165) is 28.9 Å². The summed E-state index contributed by atoms with van der Waals surface area (Å²) in [5.41, 5.74) is -0.345. The smallest absolute Gasteiger partial charge is 0.491 e. The minimum absolute atomic E-state index is 0.0398. The summed E-state index contributed by atoms with van der Waals surface area (Å²) in [5, 5.41) is 15.5. The molecule has 0 saturated carbocycles. The van der Waals surface area contributed by atoms with E-state index in [1.165, 1.54) is 48.7 Å². The Labute approximate surface area is 251 Å². The van der Waals surface area contributed by atoms with Crippen molar-refractivity contribution in [3.05, 3.63) is 84.1 Å². The van der Waals surface area contributed by atoms with Crippen molar-refractivity contribution in [1.29, 1.82) is 0 Å². The van der Waals surface area contributed by atoms with Crippen molar-refractivity contribution < 1.29 is 55.2 Å². The Morgan fingerprint density at radius 1 is 0.911 bits per heavy atom. The van der Waals surface area contributed by atoms with E-state index in [1.54, 1.807) is 13.8 Å². The minimum atomic E-state index is -4.92. The minimum Gasteiger partial charge on any atom is -0.491 e. The predicted molar refractivity (Wildman–Crippen MR) is 148 cm³/mol. The summed E-state index contributed by atoms with van der Waals surface area (Å²) in [5.74, 6) is -2.13. The number of benzene rings is 3. The van der Waals surface area contributed by atoms with Gasteiger partial charge in [-0.15, -0.1) is 18.3 Å². The van der Waals surface area contributed by atoms with Crippen molar-refractivity contribution in [1.82, 2.24) is 15.1 Å². The van der Waals surface area contributed by atoms with Gasteiger partial charge in [0.15, 0.2) is 0 Å². The number of rotatable bonds is 11. The zero-order valence-electron chi connectivity index (χ0n) is 23.6. The molecule has 0 atom stereocenters. The number of halogens is 6. The highest BCUT2D eigenvalue weighted by Crippen LogP contribution is 2.38. The van der Waals surface area contributed by atoms with Crippen LogP contribution in [0.5, 0.6) is 23.1 Å². The van der Waals surface area contributed by atoms with Gasteiger partial charge >= 0.3 is 18.5 Å². The molecule has 0 aliphatic carbocycles. The second-order valence-electron chi connectivity index (χ2n) is 9.77. The molecule has 0 radical (unpaired) electrons. The topological polar surface area (TPSA) is 112 Å². The zero-order valence-corrected chi connectivity index (χ0v) is 23.6. The van der Waals surface area contributed by atoms with E-state index in [9.17, 15) is 35.9 Å². The number of amides is 1. The lowest BCUT2D eigenvalue weighted by molar-refractivity contribution is -0.274. The lowest BCUT2D eigenvalue weighted by atomic mass is 10.1. The molecular weight excluding hydrogens is 612 g/mol. The monoisotopic (exact) mass is 637 g/mol. The molecule has 0 aliphatic heterocycles. The maximum atomic E-state index is 13.7. The molecule has 2 N–H and O–H groups in total. The van der Waals surface area contributed by atoms with E-state index in [2.05, 4.69) is 15.2 Å². The summed E-state index contributed by atoms with van der Waals surface area (Å²) in [6.07, 6.45) is -8.99. The molecule has 1 heterocycles. The van der Waals surface area contributed by atoms with Gasteiger partial charge in [0.05, 0.1) is 29.3 Å². The maximum absolute atomic E-state index is 13.7. The summed E-state index contributed by atoms with van der Waals surface area (Å²) < 4.78 is 95.6. The van der Waals surface area contributed by atoms with Crippen LogP contribution in [0.2, 0.25) is 0 Å². The van der Waals surface area contributed by atoms with Crippen LogP contribution in [0.4, 0.5) is 26.3 Å². The molecule has 15 heteroatoms. The number of carboxylic acid groups (broad SMARTS) is 1. The molecule has 9 nitrogen and oxygen atoms in total. The van der Waals surface area contributed by atoms with E-state index < -0.39 is 41.8 Å². The van der Waals surface area contributed by atoms with Crippen LogP contribution in [-0.2, 0) is 11.0 Å². The summed E-state index contributed by atoms with van der Waals surface area (Å²) in [7, 11) is 0. The molecule has 0 aliphatic rings. The van der Waals surface area contributed by atoms with Crippen molar-refractivity contribution in [3.63, 3.8) is 0 Å². The van der Waals surface area contributed by atoms with Crippen LogP contribution >= 0.6 is 0 Å². The fraction of sp³-hybridized carbons (Fsp3) is 0.233. The van der Waals surface area contributed by atoms with Crippen molar-refractivity contribution in [3.8, 4) is 39.9 Å². The number of alkyl halides is 6. The highest BCUT2D eigenvalue weighted by Gasteiger charge is 2.33. The first-order valence-corrected chi connectivity index (χ1v) is 13.2. The maximum Gasteiger partial charge on any atom is 0.573 e. The molecule has 238 valence electrons. The molecular formula is C30H25F6N3O6. The number of aliphatic carboxylic acids is 1. The number of carbonyl (C=O) groups excluding carboxylic acids is 1. The second-order valence-corrected chi connectivity index (χ2v) is 9.77. The fourth-order valence-corrected chi connectivity index (χ4v) is 3.99. The Balaban J connectivity index is 1.71. The molecule has 4 aromatic rings. The molecule has 0 saturated heterocycles. The highest BCUT2D eigenvalue weighted by atomic mass is 19.4. The first kappa shape index (κ1) is 32.7. The van der Waals surface area contributed by atoms with Crippen molar-refractivity contribution in [2.75, 3.05) is 6.54 Å². The normalized spacial score (nSPS) is 11.8. The number of carboxylic acids is 1. The molecule has 0 spiro atoms. The van der Waals surface area contributed by atoms with Crippen LogP contribution in [0, 0.1) is 0 Å². The van der Waals surface area contributed by atoms with Gasteiger partial charge in [0, 0.05) is 24.4 Å². The number of nitrogens with zero attached hydrogens (tertiary/aromatic N) is 2. The molecule has 4 rings (SSSR count). The van der Waals surface area contributed by atoms with Gasteiger partial charge < -0.3 is 24.6 Å². The number of hydrogen-bond acceptors (Lipinski definition) is 6. The third kappa shape index (κ3) is 9.14. The van der Waals surface area contributed by atoms with E-state index in [-0.39, 0.29) is 47.2 Å². The van der Waals surface area contributed by atoms with Gasteiger partial charge in [-0.2, -0.15) is 13.2 Å². The summed E-state index contributed by atoms with van der Waals surface area (Å²) >= 11 is 0. The van der Waals surface area contributed by atoms with Gasteiger partial charge in [-0.3, -0.25) is 9.59 Å². The molecule has 1 aromatic heterocycles. The highest BCUT2D eigenvalue weighted by molar-refractivity contribution is 5.94. The largest absolute Gasteiger partial charge is 0.573 e. The molecule has 1 amide bonds. The number of nitrogens with one attached hydrogen (secondary N) is 1. The van der Waals surface area contributed by atoms with Crippen LogP contribution in [0.15, 0.2) is 72.9 Å². The first-order chi connectivity index (χ1) is 21.1. The fourth-order valence-electron chi connectivity index (χ4n) is 3.99. The summed E-state index contributed by atoms with van der Waals surface area (Å²) in [4.78, 5) is 22.9. The zero-order chi connectivity index (χ0) is 32.9. The van der Waals surface area contributed by atoms with Gasteiger partial charge in [0.25, 0.3) is 5.91 Å². The molecule has 3 aromatic carbocycles. The number of aromatic nitrogens is 2. The van der Waals surface area contributed by atoms with Gasteiger partial charge in [0.2, 0.25) is 5.88 Å². The SMILES string of the molecule is CC(C)Oc1cc(-n2cc(-c3ccc(OC(F)(F)F)cc3)c(Oc3ccc(C(=O)NCCC(=O)O)cc3)n2)cc(C(F)(F)F)c1. The van der Waals surface area contributed by atoms with Gasteiger partial charge in [0.1, 0.15) is 17.2 Å². The molecule has 0 bridgehead atoms. The Morgan fingerprint density at radius 2 is 1.56 bits per heavy atom. The van der Waals surface area contributed by atoms with Gasteiger partial charge in [-0.25, -0.2) is 4.68 Å². The van der Waals surface area contributed by atoms with Crippen molar-refractivity contribution in [2.45, 2.75) is 38.9 Å². The first-order valence-electron chi connectivity index (χ1n) is 13.2. The van der Waals surface area contributed by atoms with Crippen LogP contribution in [0.1, 0.15) is 36.2 Å². The van der Waals surface area contributed by atoms with Gasteiger partial charge in [-0.05, 0) is 67.9 Å². The Bertz CT molecular complexity index is 1650. The summed E-state index contributed by atoms with van der Waals surface area (Å²) in [6, 6.07) is 13.4. The van der Waals surface area contributed by atoms with E-state index in [1.807, 2.05) is 0 Å². The van der Waals surface area contributed by atoms with Crippen LogP contribution in [0.25, 0.3) is 16.8 Å². The molecule has 45 heavy (non-hydrogen) atoms. The van der Waals surface area contributed by atoms with Crippen LogP contribution in [0.3, 0.4) is 0 Å². The van der Waals surface area contributed by atoms with E-state index in [4.69, 9.17) is 14.6 Å². The second kappa shape index (κ2) is 13.2. The number of ether oxygens (including phenoxy) is 3. The third-order valence-corrected chi connectivity index (χ3v) is 5.89. The Hall–Kier alpha value is -5.21. The Kier molecular flexibility index (Phi) is 9.59. The quantitative estimate of drug-likeness (QED) is 0.167. The number of hydrogen-bond donors (Lipinski definition) is 2. The Morgan fingerprint density at radius 3 is 2.13 bits per heavy atom. The van der Waals surface area contributed by atoms with Crippen LogP contribution in [-0.4, -0.2) is 45.8 Å². The van der Waals surface area contributed by atoms with Crippen molar-refractivity contribution >= 4 is 11.9 Å². The van der Waals surface area contributed by atoms with E-state index >= 15 is 0 Å². The molecule has 0 unspecified atom stereocenters. The van der Waals surface area contributed by atoms with Gasteiger partial charge in [-0.1, -0.05) is 12.1 Å². The lowest BCUT2D eigenvalue weighted by Crippen LogP contribution is -2.25. The predicted octanol–water partition coefficient (Wildman–Crippen LogP) is 7.24. The van der Waals surface area contributed by atoms with Crippen LogP contribution < -0.4 is 19.5 Å². The lowest BCUT2D eigenvalue weighted by Gasteiger charge is -2.15. The average molecular weight is 638 g/mol. The standard InChI is InChI=1S/C30H25F6N3O6/c1-17(2)43-24-14-20(29(31,32)33)13-21(15-24)39-16-25(18-3-9-23(10-4-18)45-30(34,35)36)28(38-39)44-22-7-5-19(6-8-22)27(42)37-12-11-26(40)41/h3-10,13-17H,11-12H2,1-2H3,(H,37,42)(H,40,41). The van der Waals surface area contributed by atoms with Crippen molar-refractivity contribution in [2.24, 2.45) is 0 Å². The average Bonchev–Trinajstić information content (AvgIpc) is 3.35. The number of carbonyl (C=O) groups is 2. The summed E-state index contributed by atoms with van der Waals surface area (Å²) in [6.45, 7) is 3.21. The third-order valence-electron chi connectivity index (χ3n) is 5.89. The molecule has 0 fully saturated rings. The van der Waals surface area contributed by atoms with E-state index in [0.29, 0.717) is 5.56 Å².